The number of hydrogen-bond acceptors (Lipinski definition) is 6. The van der Waals surface area contributed by atoms with Crippen molar-refractivity contribution in [2.75, 3.05) is 46.4 Å². The van der Waals surface area contributed by atoms with Crippen molar-refractivity contribution < 1.29 is 14.6 Å². The van der Waals surface area contributed by atoms with Crippen molar-refractivity contribution >= 4 is 0 Å². The van der Waals surface area contributed by atoms with E-state index in [-0.39, 0.29) is 12.7 Å². The van der Waals surface area contributed by atoms with Gasteiger partial charge in [0.15, 0.2) is 0 Å². The van der Waals surface area contributed by atoms with E-state index in [1.165, 1.54) is 0 Å². The van der Waals surface area contributed by atoms with Gasteiger partial charge in [-0.05, 0) is 31.3 Å². The van der Waals surface area contributed by atoms with Crippen LogP contribution in [0.1, 0.15) is 5.56 Å². The molecule has 1 aliphatic rings. The Kier molecular flexibility index (Phi) is 6.62. The molecule has 0 spiro atoms. The van der Waals surface area contributed by atoms with E-state index in [1.54, 1.807) is 24.3 Å². The molecule has 1 heterocycles. The summed E-state index contributed by atoms with van der Waals surface area (Å²) in [7, 11) is 2.08. The predicted octanol–water partition coefficient (Wildman–Crippen LogP) is 0.218. The van der Waals surface area contributed by atoms with Gasteiger partial charge in [0.1, 0.15) is 18.5 Å². The number of likely N-dealkylation sites (N-methyl/N-ethyl adjacent to an activating group) is 1. The first-order valence-corrected chi connectivity index (χ1v) is 7.49. The second-order valence-electron chi connectivity index (χ2n) is 5.51. The van der Waals surface area contributed by atoms with Crippen LogP contribution in [0, 0.1) is 11.3 Å². The number of aliphatic hydroxyl groups excluding tert-OH is 1. The molecule has 0 aromatic heterocycles. The lowest BCUT2D eigenvalue weighted by Crippen LogP contribution is -2.46. The van der Waals surface area contributed by atoms with E-state index in [4.69, 9.17) is 14.7 Å². The Morgan fingerprint density at radius 3 is 2.95 bits per heavy atom. The van der Waals surface area contributed by atoms with Crippen molar-refractivity contribution in [2.24, 2.45) is 0 Å². The maximum atomic E-state index is 9.90. The van der Waals surface area contributed by atoms with E-state index >= 15 is 0 Å². The molecule has 1 saturated heterocycles. The first-order valence-electron chi connectivity index (χ1n) is 7.49. The summed E-state index contributed by atoms with van der Waals surface area (Å²) in [5, 5.41) is 21.8. The number of ether oxygens (including phenoxy) is 2. The van der Waals surface area contributed by atoms with Crippen LogP contribution >= 0.6 is 0 Å². The van der Waals surface area contributed by atoms with E-state index in [0.717, 1.165) is 26.2 Å². The summed E-state index contributed by atoms with van der Waals surface area (Å²) in [6.45, 7) is 4.03. The average Bonchev–Trinajstić information content (AvgIpc) is 2.53. The van der Waals surface area contributed by atoms with Crippen LogP contribution in [-0.2, 0) is 4.74 Å². The van der Waals surface area contributed by atoms with Gasteiger partial charge in [0, 0.05) is 26.2 Å². The summed E-state index contributed by atoms with van der Waals surface area (Å²) < 4.78 is 11.1. The summed E-state index contributed by atoms with van der Waals surface area (Å²) in [6, 6.07) is 8.89. The highest BCUT2D eigenvalue weighted by Crippen LogP contribution is 2.11. The highest BCUT2D eigenvalue weighted by molar-refractivity contribution is 5.34. The lowest BCUT2D eigenvalue weighted by Gasteiger charge is -2.30. The van der Waals surface area contributed by atoms with Gasteiger partial charge in [0.25, 0.3) is 0 Å². The predicted molar refractivity (Wildman–Crippen MR) is 82.8 cm³/mol. The summed E-state index contributed by atoms with van der Waals surface area (Å²) in [6.07, 6.45) is -0.414. The highest BCUT2D eigenvalue weighted by Gasteiger charge is 2.17. The van der Waals surface area contributed by atoms with E-state index in [1.807, 2.05) is 0 Å². The molecule has 2 unspecified atom stereocenters. The van der Waals surface area contributed by atoms with Gasteiger partial charge in [0.05, 0.1) is 24.3 Å². The zero-order valence-corrected chi connectivity index (χ0v) is 12.9. The average molecular weight is 305 g/mol. The Balaban J connectivity index is 1.61. The van der Waals surface area contributed by atoms with Crippen molar-refractivity contribution in [3.8, 4) is 11.8 Å². The van der Waals surface area contributed by atoms with E-state index in [9.17, 15) is 5.11 Å². The first kappa shape index (κ1) is 16.7. The third-order valence-electron chi connectivity index (χ3n) is 3.52. The van der Waals surface area contributed by atoms with Crippen LogP contribution < -0.4 is 10.1 Å². The van der Waals surface area contributed by atoms with Crippen LogP contribution in [0.15, 0.2) is 24.3 Å². The molecule has 6 heteroatoms. The van der Waals surface area contributed by atoms with Gasteiger partial charge in [-0.1, -0.05) is 0 Å². The van der Waals surface area contributed by atoms with Gasteiger partial charge in [-0.25, -0.2) is 0 Å². The van der Waals surface area contributed by atoms with E-state index in [0.29, 0.717) is 17.9 Å². The molecule has 0 saturated carbocycles. The number of hydrogen-bond donors (Lipinski definition) is 2. The van der Waals surface area contributed by atoms with Crippen LogP contribution in [0.5, 0.6) is 5.75 Å². The van der Waals surface area contributed by atoms with Crippen LogP contribution in [0.4, 0.5) is 0 Å². The second-order valence-corrected chi connectivity index (χ2v) is 5.51. The van der Waals surface area contributed by atoms with Crippen molar-refractivity contribution in [2.45, 2.75) is 12.2 Å². The molecular formula is C16H23N3O3. The molecule has 120 valence electrons. The number of nitriles is 1. The minimum atomic E-state index is -0.586. The molecule has 2 rings (SSSR count). The largest absolute Gasteiger partial charge is 0.491 e. The molecule has 1 aromatic carbocycles. The molecule has 1 aromatic rings. The number of nitrogens with zero attached hydrogens (tertiary/aromatic N) is 2. The molecular weight excluding hydrogens is 282 g/mol. The van der Waals surface area contributed by atoms with Crippen LogP contribution in [-0.4, -0.2) is 68.7 Å². The minimum Gasteiger partial charge on any atom is -0.491 e. The van der Waals surface area contributed by atoms with Crippen LogP contribution in [0.3, 0.4) is 0 Å². The molecule has 2 atom stereocenters. The summed E-state index contributed by atoms with van der Waals surface area (Å²) in [5.41, 5.74) is 0.590. The maximum absolute atomic E-state index is 9.90. The molecule has 0 aliphatic carbocycles. The number of rotatable bonds is 7. The van der Waals surface area contributed by atoms with Crippen molar-refractivity contribution in [1.82, 2.24) is 10.2 Å². The van der Waals surface area contributed by atoms with Crippen molar-refractivity contribution in [1.29, 1.82) is 5.26 Å². The van der Waals surface area contributed by atoms with Gasteiger partial charge < -0.3 is 24.8 Å². The number of nitrogens with one attached hydrogen (secondary N) is 1. The van der Waals surface area contributed by atoms with Gasteiger partial charge in [-0.2, -0.15) is 5.26 Å². The molecule has 2 N–H and O–H groups in total. The van der Waals surface area contributed by atoms with Crippen LogP contribution in [0.2, 0.25) is 0 Å². The number of benzene rings is 1. The molecule has 6 nitrogen and oxygen atoms in total. The summed E-state index contributed by atoms with van der Waals surface area (Å²) >= 11 is 0. The Hall–Kier alpha value is -1.65. The van der Waals surface area contributed by atoms with Gasteiger partial charge in [-0.3, -0.25) is 0 Å². The Bertz CT molecular complexity index is 486. The maximum Gasteiger partial charge on any atom is 0.119 e. The van der Waals surface area contributed by atoms with Gasteiger partial charge >= 0.3 is 0 Å². The Labute approximate surface area is 131 Å². The first-order chi connectivity index (χ1) is 10.7. The van der Waals surface area contributed by atoms with E-state index in [2.05, 4.69) is 23.3 Å². The molecule has 1 fully saturated rings. The molecule has 0 radical (unpaired) electrons. The van der Waals surface area contributed by atoms with E-state index < -0.39 is 6.10 Å². The Morgan fingerprint density at radius 2 is 2.27 bits per heavy atom. The molecule has 1 aliphatic heterocycles. The van der Waals surface area contributed by atoms with Crippen LogP contribution in [0.25, 0.3) is 0 Å². The highest BCUT2D eigenvalue weighted by atomic mass is 16.5. The summed E-state index contributed by atoms with van der Waals surface area (Å²) in [4.78, 5) is 2.24. The number of morpholine rings is 1. The SMILES string of the molecule is CN1CCOC(CNCC(O)COc2ccc(C#N)cc2)C1. The fourth-order valence-electron chi connectivity index (χ4n) is 2.28. The molecule has 0 amide bonds. The fourth-order valence-corrected chi connectivity index (χ4v) is 2.28. The van der Waals surface area contributed by atoms with Crippen molar-refractivity contribution in [3.63, 3.8) is 0 Å². The monoisotopic (exact) mass is 305 g/mol. The smallest absolute Gasteiger partial charge is 0.119 e. The van der Waals surface area contributed by atoms with Gasteiger partial charge in [0.2, 0.25) is 0 Å². The zero-order chi connectivity index (χ0) is 15.8. The second kappa shape index (κ2) is 8.71. The normalized spacial score (nSPS) is 20.3. The quantitative estimate of drug-likeness (QED) is 0.750. The van der Waals surface area contributed by atoms with Gasteiger partial charge in [-0.15, -0.1) is 0 Å². The lowest BCUT2D eigenvalue weighted by molar-refractivity contribution is -0.0196. The standard InChI is InChI=1S/C16H23N3O3/c1-19-6-7-21-16(11-19)10-18-9-14(20)12-22-15-4-2-13(8-17)3-5-15/h2-5,14,16,18,20H,6-7,9-12H2,1H3. The topological polar surface area (TPSA) is 77.8 Å². The molecule has 0 bridgehead atoms. The Morgan fingerprint density at radius 1 is 1.50 bits per heavy atom. The fraction of sp³-hybridized carbons (Fsp3) is 0.562. The summed E-state index contributed by atoms with van der Waals surface area (Å²) in [5.74, 6) is 0.648. The third-order valence-corrected chi connectivity index (χ3v) is 3.52. The minimum absolute atomic E-state index is 0.172. The zero-order valence-electron chi connectivity index (χ0n) is 12.9. The molecule has 22 heavy (non-hydrogen) atoms. The third kappa shape index (κ3) is 5.62. The van der Waals surface area contributed by atoms with Crippen molar-refractivity contribution in [3.05, 3.63) is 29.8 Å². The number of aliphatic hydroxyl groups is 1. The lowest BCUT2D eigenvalue weighted by atomic mass is 10.2.